The number of hydrogen-bond donors (Lipinski definition) is 0. The van der Waals surface area contributed by atoms with Crippen LogP contribution in [0.25, 0.3) is 0 Å². The van der Waals surface area contributed by atoms with E-state index in [0.29, 0.717) is 5.78 Å². The zero-order chi connectivity index (χ0) is 12.2. The van der Waals surface area contributed by atoms with Crippen LogP contribution >= 0.6 is 0 Å². The van der Waals surface area contributed by atoms with Gasteiger partial charge in [0.1, 0.15) is 5.78 Å². The Morgan fingerprint density at radius 2 is 1.25 bits per heavy atom. The van der Waals surface area contributed by atoms with Gasteiger partial charge in [-0.25, -0.2) is 0 Å². The molecule has 0 saturated carbocycles. The fourth-order valence-electron chi connectivity index (χ4n) is 1.99. The van der Waals surface area contributed by atoms with Gasteiger partial charge in [-0.05, 0) is 19.3 Å². The van der Waals surface area contributed by atoms with E-state index >= 15 is 0 Å². The summed E-state index contributed by atoms with van der Waals surface area (Å²) >= 11 is 0. The van der Waals surface area contributed by atoms with Crippen molar-refractivity contribution in [1.29, 1.82) is 0 Å². The van der Waals surface area contributed by atoms with Crippen molar-refractivity contribution in [2.75, 3.05) is 0 Å². The van der Waals surface area contributed by atoms with Crippen LogP contribution in [0.15, 0.2) is 0 Å². The molecule has 0 aliphatic heterocycles. The molecule has 16 heavy (non-hydrogen) atoms. The summed E-state index contributed by atoms with van der Waals surface area (Å²) in [6, 6.07) is 0. The number of ketones is 1. The van der Waals surface area contributed by atoms with Crippen molar-refractivity contribution in [2.24, 2.45) is 5.92 Å². The Bertz CT molecular complexity index is 161. The molecule has 0 bridgehead atoms. The highest BCUT2D eigenvalue weighted by molar-refractivity contribution is 5.75. The average molecular weight is 226 g/mol. The van der Waals surface area contributed by atoms with E-state index in [0.717, 1.165) is 18.8 Å². The molecule has 0 amide bonds. The summed E-state index contributed by atoms with van der Waals surface area (Å²) in [6.45, 7) is 6.29. The van der Waals surface area contributed by atoms with E-state index in [4.69, 9.17) is 0 Å². The van der Waals surface area contributed by atoms with E-state index < -0.39 is 0 Å². The molecule has 0 atom stereocenters. The SMILES string of the molecule is CC(=O)CCCCCCCCCCC(C)C. The van der Waals surface area contributed by atoms with Crippen LogP contribution < -0.4 is 0 Å². The fraction of sp³-hybridized carbons (Fsp3) is 0.933. The minimum atomic E-state index is 0.341. The molecule has 0 aromatic carbocycles. The summed E-state index contributed by atoms with van der Waals surface area (Å²) in [7, 11) is 0. The van der Waals surface area contributed by atoms with Gasteiger partial charge in [-0.2, -0.15) is 0 Å². The van der Waals surface area contributed by atoms with Crippen molar-refractivity contribution >= 4 is 5.78 Å². The van der Waals surface area contributed by atoms with Gasteiger partial charge in [0, 0.05) is 6.42 Å². The van der Waals surface area contributed by atoms with Gasteiger partial charge in [0.05, 0.1) is 0 Å². The lowest BCUT2D eigenvalue weighted by Gasteiger charge is -2.04. The lowest BCUT2D eigenvalue weighted by molar-refractivity contribution is -0.117. The van der Waals surface area contributed by atoms with E-state index in [1.165, 1.54) is 51.4 Å². The maximum absolute atomic E-state index is 10.7. The van der Waals surface area contributed by atoms with Crippen molar-refractivity contribution < 1.29 is 4.79 Å². The molecule has 0 spiro atoms. The molecule has 0 aromatic rings. The van der Waals surface area contributed by atoms with Crippen LogP contribution in [0, 0.1) is 5.92 Å². The van der Waals surface area contributed by atoms with Crippen molar-refractivity contribution in [2.45, 2.75) is 85.0 Å². The Balaban J connectivity index is 2.96. The van der Waals surface area contributed by atoms with Gasteiger partial charge >= 0.3 is 0 Å². The van der Waals surface area contributed by atoms with E-state index in [1.54, 1.807) is 6.92 Å². The zero-order valence-corrected chi connectivity index (χ0v) is 11.6. The van der Waals surface area contributed by atoms with Crippen LogP contribution in [0.2, 0.25) is 0 Å². The second-order valence-corrected chi connectivity index (χ2v) is 5.46. The van der Waals surface area contributed by atoms with Gasteiger partial charge in [0.2, 0.25) is 0 Å². The van der Waals surface area contributed by atoms with Crippen LogP contribution in [-0.2, 0) is 4.79 Å². The predicted molar refractivity (Wildman–Crippen MR) is 71.7 cm³/mol. The maximum Gasteiger partial charge on any atom is 0.129 e. The monoisotopic (exact) mass is 226 g/mol. The normalized spacial score (nSPS) is 11.0. The van der Waals surface area contributed by atoms with E-state index in [-0.39, 0.29) is 0 Å². The summed E-state index contributed by atoms with van der Waals surface area (Å²) in [4.78, 5) is 10.7. The van der Waals surface area contributed by atoms with Crippen LogP contribution in [0.3, 0.4) is 0 Å². The van der Waals surface area contributed by atoms with Crippen molar-refractivity contribution in [1.82, 2.24) is 0 Å². The first-order valence-electron chi connectivity index (χ1n) is 7.12. The zero-order valence-electron chi connectivity index (χ0n) is 11.6. The molecule has 0 heterocycles. The van der Waals surface area contributed by atoms with Crippen LogP contribution in [0.5, 0.6) is 0 Å². The smallest absolute Gasteiger partial charge is 0.129 e. The highest BCUT2D eigenvalue weighted by Gasteiger charge is 1.96. The Morgan fingerprint density at radius 1 is 0.812 bits per heavy atom. The lowest BCUT2D eigenvalue weighted by atomic mass is 10.0. The minimum Gasteiger partial charge on any atom is -0.300 e. The van der Waals surface area contributed by atoms with Crippen molar-refractivity contribution in [3.63, 3.8) is 0 Å². The summed E-state index contributed by atoms with van der Waals surface area (Å²) in [5, 5.41) is 0. The lowest BCUT2D eigenvalue weighted by Crippen LogP contribution is -1.89. The Hall–Kier alpha value is -0.330. The number of hydrogen-bond acceptors (Lipinski definition) is 1. The largest absolute Gasteiger partial charge is 0.300 e. The van der Waals surface area contributed by atoms with Gasteiger partial charge in [0.15, 0.2) is 0 Å². The van der Waals surface area contributed by atoms with E-state index in [1.807, 2.05) is 0 Å². The summed E-state index contributed by atoms with van der Waals surface area (Å²) in [5.74, 6) is 1.21. The first-order chi connectivity index (χ1) is 7.63. The second kappa shape index (κ2) is 11.2. The Morgan fingerprint density at radius 3 is 1.69 bits per heavy atom. The van der Waals surface area contributed by atoms with Gasteiger partial charge < -0.3 is 4.79 Å². The molecule has 0 aromatic heterocycles. The molecule has 1 nitrogen and oxygen atoms in total. The number of unbranched alkanes of at least 4 members (excludes halogenated alkanes) is 7. The summed E-state index contributed by atoms with van der Waals surface area (Å²) in [6.07, 6.45) is 12.8. The standard InChI is InChI=1S/C15H30O/c1-14(2)12-10-8-6-4-5-7-9-11-13-15(3)16/h14H,4-13H2,1-3H3. The molecule has 0 aliphatic carbocycles. The van der Waals surface area contributed by atoms with Crippen LogP contribution in [0.4, 0.5) is 0 Å². The van der Waals surface area contributed by atoms with E-state index in [9.17, 15) is 4.79 Å². The average Bonchev–Trinajstić information content (AvgIpc) is 2.20. The highest BCUT2D eigenvalue weighted by atomic mass is 16.1. The van der Waals surface area contributed by atoms with Gasteiger partial charge in [0.25, 0.3) is 0 Å². The molecular weight excluding hydrogens is 196 g/mol. The quantitative estimate of drug-likeness (QED) is 0.446. The topological polar surface area (TPSA) is 17.1 Å². The molecule has 0 rings (SSSR count). The third-order valence-corrected chi connectivity index (χ3v) is 3.06. The van der Waals surface area contributed by atoms with Crippen LogP contribution in [-0.4, -0.2) is 5.78 Å². The first-order valence-corrected chi connectivity index (χ1v) is 7.12. The predicted octanol–water partition coefficient (Wildman–Crippen LogP) is 5.13. The molecule has 0 radical (unpaired) electrons. The van der Waals surface area contributed by atoms with Crippen molar-refractivity contribution in [3.05, 3.63) is 0 Å². The van der Waals surface area contributed by atoms with E-state index in [2.05, 4.69) is 13.8 Å². The fourth-order valence-corrected chi connectivity index (χ4v) is 1.99. The van der Waals surface area contributed by atoms with Crippen molar-refractivity contribution in [3.8, 4) is 0 Å². The number of Topliss-reactive ketones (excluding diaryl/α,β-unsaturated/α-hetero) is 1. The molecule has 1 heteroatoms. The summed E-state index contributed by atoms with van der Waals surface area (Å²) < 4.78 is 0. The molecule has 0 N–H and O–H groups in total. The molecule has 0 fully saturated rings. The third-order valence-electron chi connectivity index (χ3n) is 3.06. The second-order valence-electron chi connectivity index (χ2n) is 5.46. The van der Waals surface area contributed by atoms with Crippen LogP contribution in [0.1, 0.15) is 85.0 Å². The Kier molecular flexibility index (Phi) is 10.9. The molecule has 0 saturated heterocycles. The maximum atomic E-state index is 10.7. The third kappa shape index (κ3) is 13.7. The molecule has 0 unspecified atom stereocenters. The number of rotatable bonds is 11. The van der Waals surface area contributed by atoms with Gasteiger partial charge in [-0.1, -0.05) is 65.2 Å². The molecular formula is C15H30O. The van der Waals surface area contributed by atoms with Gasteiger partial charge in [-0.3, -0.25) is 0 Å². The van der Waals surface area contributed by atoms with Gasteiger partial charge in [-0.15, -0.1) is 0 Å². The summed E-state index contributed by atoms with van der Waals surface area (Å²) in [5.41, 5.74) is 0. The molecule has 0 aliphatic rings. The number of carbonyl (C=O) groups excluding carboxylic acids is 1. The minimum absolute atomic E-state index is 0.341. The number of carbonyl (C=O) groups is 1. The first kappa shape index (κ1) is 15.7. The molecule has 96 valence electrons. The highest BCUT2D eigenvalue weighted by Crippen LogP contribution is 2.12. The Labute approximate surface area is 102 Å².